The molecule has 0 aromatic heterocycles. The number of carboxylic acid groups (broad SMARTS) is 1. The van der Waals surface area contributed by atoms with Crippen LogP contribution in [0.2, 0.25) is 0 Å². The van der Waals surface area contributed by atoms with Crippen molar-refractivity contribution in [2.24, 2.45) is 5.92 Å². The molecular formula is C7H11NO6. The lowest BCUT2D eigenvalue weighted by Crippen LogP contribution is -2.27. The van der Waals surface area contributed by atoms with E-state index in [0.717, 1.165) is 0 Å². The number of ether oxygens (including phenoxy) is 1. The quantitative estimate of drug-likeness (QED) is 0.515. The molecule has 3 atom stereocenters. The van der Waals surface area contributed by atoms with Crippen molar-refractivity contribution < 1.29 is 24.6 Å². The molecule has 0 amide bonds. The van der Waals surface area contributed by atoms with Gasteiger partial charge in [0.05, 0.1) is 12.0 Å². The summed E-state index contributed by atoms with van der Waals surface area (Å²) in [6, 6.07) is 0. The number of rotatable bonds is 4. The second-order valence-corrected chi connectivity index (χ2v) is 3.15. The van der Waals surface area contributed by atoms with Gasteiger partial charge in [0.1, 0.15) is 6.10 Å². The van der Waals surface area contributed by atoms with E-state index in [1.54, 1.807) is 0 Å². The Bertz CT molecular complexity index is 242. The molecular weight excluding hydrogens is 194 g/mol. The highest BCUT2D eigenvalue weighted by Crippen LogP contribution is 2.30. The Labute approximate surface area is 79.7 Å². The minimum atomic E-state index is -0.971. The van der Waals surface area contributed by atoms with Gasteiger partial charge in [-0.1, -0.05) is 0 Å². The zero-order valence-corrected chi connectivity index (χ0v) is 7.58. The van der Waals surface area contributed by atoms with E-state index in [0.29, 0.717) is 0 Å². The Morgan fingerprint density at radius 3 is 2.50 bits per heavy atom. The van der Waals surface area contributed by atoms with Gasteiger partial charge in [-0.15, -0.1) is 10.1 Å². The van der Waals surface area contributed by atoms with Crippen molar-refractivity contribution in [3.63, 3.8) is 0 Å². The first-order valence-electron chi connectivity index (χ1n) is 4.11. The molecule has 0 aromatic carbocycles. The van der Waals surface area contributed by atoms with Gasteiger partial charge >= 0.3 is 5.97 Å². The first-order chi connectivity index (χ1) is 6.54. The van der Waals surface area contributed by atoms with Crippen LogP contribution in [0.3, 0.4) is 0 Å². The number of aliphatic carboxylic acids is 1. The normalized spacial score (nSPS) is 31.4. The first kappa shape index (κ1) is 10.7. The van der Waals surface area contributed by atoms with E-state index >= 15 is 0 Å². The first-order valence-corrected chi connectivity index (χ1v) is 4.11. The van der Waals surface area contributed by atoms with E-state index in [1.807, 2.05) is 0 Å². The lowest BCUT2D eigenvalue weighted by atomic mass is 10.1. The van der Waals surface area contributed by atoms with Crippen molar-refractivity contribution in [1.29, 1.82) is 0 Å². The molecule has 7 nitrogen and oxygen atoms in total. The van der Waals surface area contributed by atoms with Gasteiger partial charge in [0.15, 0.2) is 0 Å². The third-order valence-corrected chi connectivity index (χ3v) is 2.32. The topological polar surface area (TPSA) is 98.9 Å². The Balaban J connectivity index is 2.57. The smallest absolute Gasteiger partial charge is 0.306 e. The van der Waals surface area contributed by atoms with Crippen molar-refractivity contribution in [2.45, 2.75) is 25.0 Å². The summed E-state index contributed by atoms with van der Waals surface area (Å²) in [4.78, 5) is 25.0. The molecule has 14 heavy (non-hydrogen) atoms. The zero-order chi connectivity index (χ0) is 10.7. The van der Waals surface area contributed by atoms with Crippen LogP contribution in [0.1, 0.15) is 12.8 Å². The van der Waals surface area contributed by atoms with Gasteiger partial charge in [-0.05, 0) is 12.8 Å². The van der Waals surface area contributed by atoms with Crippen molar-refractivity contribution in [2.75, 3.05) is 7.11 Å². The average molecular weight is 205 g/mol. The van der Waals surface area contributed by atoms with Gasteiger partial charge in [-0.25, -0.2) is 0 Å². The molecule has 7 heteroatoms. The molecule has 0 radical (unpaired) electrons. The summed E-state index contributed by atoms with van der Waals surface area (Å²) in [5, 5.41) is 17.9. The maximum absolute atomic E-state index is 10.6. The molecule has 1 N–H and O–H groups in total. The van der Waals surface area contributed by atoms with Gasteiger partial charge < -0.3 is 14.7 Å². The van der Waals surface area contributed by atoms with Crippen molar-refractivity contribution >= 4 is 5.97 Å². The van der Waals surface area contributed by atoms with Crippen LogP contribution in [-0.2, 0) is 14.4 Å². The average Bonchev–Trinajstić information content (AvgIpc) is 2.46. The fourth-order valence-corrected chi connectivity index (χ4v) is 1.63. The van der Waals surface area contributed by atoms with Crippen molar-refractivity contribution in [3.8, 4) is 0 Å². The minimum absolute atomic E-state index is 0.120. The van der Waals surface area contributed by atoms with Gasteiger partial charge in [-0.3, -0.25) is 4.79 Å². The molecule has 0 spiro atoms. The SMILES string of the molecule is CO[C@@H]1C[C@@H](C(=O)O)C[C@H]1O[N+](=O)[O-]. The summed E-state index contributed by atoms with van der Waals surface area (Å²) in [6.07, 6.45) is -0.906. The summed E-state index contributed by atoms with van der Waals surface area (Å²) in [5.41, 5.74) is 0. The highest BCUT2D eigenvalue weighted by Gasteiger charge is 2.40. The Morgan fingerprint density at radius 1 is 1.50 bits per heavy atom. The minimum Gasteiger partial charge on any atom is -0.481 e. The van der Waals surface area contributed by atoms with Gasteiger partial charge in [-0.2, -0.15) is 0 Å². The number of hydrogen-bond acceptors (Lipinski definition) is 5. The highest BCUT2D eigenvalue weighted by molar-refractivity contribution is 5.70. The molecule has 0 aliphatic heterocycles. The fourth-order valence-electron chi connectivity index (χ4n) is 1.63. The summed E-state index contributed by atoms with van der Waals surface area (Å²) in [5.74, 6) is -1.59. The van der Waals surface area contributed by atoms with Crippen molar-refractivity contribution in [1.82, 2.24) is 0 Å². The van der Waals surface area contributed by atoms with Crippen LogP contribution in [0, 0.1) is 16.0 Å². The highest BCUT2D eigenvalue weighted by atomic mass is 17.0. The number of carbonyl (C=O) groups is 1. The number of nitrogens with zero attached hydrogens (tertiary/aromatic N) is 1. The molecule has 1 aliphatic rings. The van der Waals surface area contributed by atoms with Crippen LogP contribution in [0.15, 0.2) is 0 Å². The van der Waals surface area contributed by atoms with Crippen molar-refractivity contribution in [3.05, 3.63) is 10.1 Å². The molecule has 0 saturated heterocycles. The summed E-state index contributed by atoms with van der Waals surface area (Å²) >= 11 is 0. The summed E-state index contributed by atoms with van der Waals surface area (Å²) in [7, 11) is 1.38. The standard InChI is InChI=1S/C7H11NO6/c1-13-5-2-4(7(9)10)3-6(5)14-8(11)12/h4-6H,2-3H2,1H3,(H,9,10)/t4-,5-,6-/m1/s1. The molecule has 1 aliphatic carbocycles. The van der Waals surface area contributed by atoms with Crippen LogP contribution >= 0.6 is 0 Å². The lowest BCUT2D eigenvalue weighted by Gasteiger charge is -2.14. The monoisotopic (exact) mass is 205 g/mol. The van der Waals surface area contributed by atoms with Crippen LogP contribution in [-0.4, -0.2) is 35.5 Å². The summed E-state index contributed by atoms with van der Waals surface area (Å²) in [6.45, 7) is 0. The molecule has 1 fully saturated rings. The number of carboxylic acids is 1. The molecule has 0 bridgehead atoms. The predicted molar refractivity (Wildman–Crippen MR) is 43.0 cm³/mol. The van der Waals surface area contributed by atoms with Gasteiger partial charge in [0, 0.05) is 7.11 Å². The largest absolute Gasteiger partial charge is 0.481 e. The Kier molecular flexibility index (Phi) is 3.23. The summed E-state index contributed by atoms with van der Waals surface area (Å²) < 4.78 is 4.91. The zero-order valence-electron chi connectivity index (χ0n) is 7.58. The molecule has 0 aromatic rings. The van der Waals surface area contributed by atoms with E-state index in [-0.39, 0.29) is 12.8 Å². The Hall–Kier alpha value is -1.37. The molecule has 0 unspecified atom stereocenters. The van der Waals surface area contributed by atoms with Crippen LogP contribution in [0.4, 0.5) is 0 Å². The van der Waals surface area contributed by atoms with Crippen LogP contribution in [0.25, 0.3) is 0 Å². The molecule has 0 heterocycles. The molecule has 1 saturated carbocycles. The predicted octanol–water partition coefficient (Wildman–Crippen LogP) is 0.0729. The van der Waals surface area contributed by atoms with E-state index in [4.69, 9.17) is 9.84 Å². The third-order valence-electron chi connectivity index (χ3n) is 2.32. The number of methoxy groups -OCH3 is 1. The second kappa shape index (κ2) is 4.23. The van der Waals surface area contributed by atoms with Gasteiger partial charge in [0.25, 0.3) is 5.09 Å². The molecule has 1 rings (SSSR count). The molecule has 80 valence electrons. The van der Waals surface area contributed by atoms with E-state index in [1.165, 1.54) is 7.11 Å². The Morgan fingerprint density at radius 2 is 2.07 bits per heavy atom. The van der Waals surface area contributed by atoms with E-state index in [2.05, 4.69) is 4.84 Å². The second-order valence-electron chi connectivity index (χ2n) is 3.15. The van der Waals surface area contributed by atoms with Crippen LogP contribution in [0.5, 0.6) is 0 Å². The van der Waals surface area contributed by atoms with Gasteiger partial charge in [0.2, 0.25) is 0 Å². The fraction of sp³-hybridized carbons (Fsp3) is 0.857. The van der Waals surface area contributed by atoms with Crippen LogP contribution < -0.4 is 0 Å². The third kappa shape index (κ3) is 2.32. The maximum atomic E-state index is 10.6. The maximum Gasteiger partial charge on any atom is 0.306 e. The lowest BCUT2D eigenvalue weighted by molar-refractivity contribution is -0.770. The number of hydrogen-bond donors (Lipinski definition) is 1. The van der Waals surface area contributed by atoms with E-state index < -0.39 is 29.2 Å². The van der Waals surface area contributed by atoms with E-state index in [9.17, 15) is 14.9 Å².